The third-order valence-electron chi connectivity index (χ3n) is 2.83. The molecule has 0 saturated heterocycles. The molecule has 0 aliphatic heterocycles. The number of fused-ring (bicyclic) bond motifs is 1. The molecule has 2 N–H and O–H groups in total. The summed E-state index contributed by atoms with van der Waals surface area (Å²) < 4.78 is 1.75. The van der Waals surface area contributed by atoms with Crippen molar-refractivity contribution in [3.8, 4) is 5.69 Å². The maximum absolute atomic E-state index is 9.44. The average molecular weight is 238 g/mol. The van der Waals surface area contributed by atoms with E-state index in [9.17, 15) is 10.0 Å². The van der Waals surface area contributed by atoms with Crippen LogP contribution in [0.3, 0.4) is 0 Å². The number of imidazole rings is 1. The van der Waals surface area contributed by atoms with Crippen molar-refractivity contribution in [3.63, 3.8) is 0 Å². The molecule has 0 unspecified atom stereocenters. The second-order valence-electron chi connectivity index (χ2n) is 4.00. The first-order valence-corrected chi connectivity index (χ1v) is 5.66. The van der Waals surface area contributed by atoms with Gasteiger partial charge in [0.05, 0.1) is 11.0 Å². The summed E-state index contributed by atoms with van der Waals surface area (Å²) in [5.74, 6) is 0. The van der Waals surface area contributed by atoms with Gasteiger partial charge in [-0.1, -0.05) is 30.3 Å². The fourth-order valence-corrected chi connectivity index (χ4v) is 2.07. The fourth-order valence-electron chi connectivity index (χ4n) is 2.07. The van der Waals surface area contributed by atoms with Gasteiger partial charge in [-0.15, -0.1) is 0 Å². The molecule has 0 aliphatic carbocycles. The van der Waals surface area contributed by atoms with Crippen LogP contribution >= 0.6 is 0 Å². The normalized spacial score (nSPS) is 10.8. The van der Waals surface area contributed by atoms with E-state index in [0.717, 1.165) is 16.7 Å². The molecule has 1 aromatic heterocycles. The molecule has 0 fully saturated rings. The number of aromatic nitrogens is 2. The Morgan fingerprint density at radius 1 is 0.889 bits per heavy atom. The summed E-state index contributed by atoms with van der Waals surface area (Å²) in [6, 6.07) is 17.0. The topological polar surface area (TPSA) is 58.3 Å². The molecule has 3 aromatic rings. The smallest absolute Gasteiger partial charge is 0.421 e. The maximum atomic E-state index is 9.44. The van der Waals surface area contributed by atoms with Crippen LogP contribution in [0, 0.1) is 0 Å². The van der Waals surface area contributed by atoms with E-state index in [1.54, 1.807) is 4.57 Å². The first-order valence-electron chi connectivity index (χ1n) is 5.66. The molecule has 0 saturated carbocycles. The van der Waals surface area contributed by atoms with Gasteiger partial charge in [0.25, 0.3) is 0 Å². The molecule has 4 nitrogen and oxygen atoms in total. The van der Waals surface area contributed by atoms with Crippen molar-refractivity contribution in [1.82, 2.24) is 9.55 Å². The van der Waals surface area contributed by atoms with Gasteiger partial charge in [-0.25, -0.2) is 4.98 Å². The highest BCUT2D eigenvalue weighted by atomic mass is 16.4. The van der Waals surface area contributed by atoms with Gasteiger partial charge in [0, 0.05) is 5.69 Å². The van der Waals surface area contributed by atoms with Crippen molar-refractivity contribution in [2.75, 3.05) is 0 Å². The highest BCUT2D eigenvalue weighted by Crippen LogP contribution is 2.16. The minimum absolute atomic E-state index is 0.224. The van der Waals surface area contributed by atoms with Crippen molar-refractivity contribution in [2.45, 2.75) is 0 Å². The molecule has 88 valence electrons. The SMILES string of the molecule is OB(O)c1nc2ccccc2n1-c1ccccc1. The number of hydrogen-bond donors (Lipinski definition) is 2. The Balaban J connectivity index is 2.35. The third-order valence-corrected chi connectivity index (χ3v) is 2.83. The quantitative estimate of drug-likeness (QED) is 0.646. The van der Waals surface area contributed by atoms with Crippen LogP contribution in [0.1, 0.15) is 0 Å². The van der Waals surface area contributed by atoms with E-state index in [4.69, 9.17) is 0 Å². The first kappa shape index (κ1) is 11.0. The summed E-state index contributed by atoms with van der Waals surface area (Å²) in [6.07, 6.45) is 0. The Bertz CT molecular complexity index is 680. The summed E-state index contributed by atoms with van der Waals surface area (Å²) in [7, 11) is -1.60. The summed E-state index contributed by atoms with van der Waals surface area (Å²) in [5.41, 5.74) is 2.67. The monoisotopic (exact) mass is 238 g/mol. The van der Waals surface area contributed by atoms with Crippen LogP contribution in [-0.2, 0) is 0 Å². The predicted molar refractivity (Wildman–Crippen MR) is 70.9 cm³/mol. The number of nitrogens with zero attached hydrogens (tertiary/aromatic N) is 2. The molecule has 0 aliphatic rings. The minimum atomic E-state index is -1.60. The highest BCUT2D eigenvalue weighted by molar-refractivity contribution is 6.57. The Morgan fingerprint density at radius 2 is 1.56 bits per heavy atom. The maximum Gasteiger partial charge on any atom is 0.526 e. The van der Waals surface area contributed by atoms with E-state index in [0.29, 0.717) is 0 Å². The van der Waals surface area contributed by atoms with Crippen molar-refractivity contribution in [2.24, 2.45) is 0 Å². The predicted octanol–water partition coefficient (Wildman–Crippen LogP) is 0.705. The molecule has 0 amide bonds. The largest absolute Gasteiger partial charge is 0.526 e. The highest BCUT2D eigenvalue weighted by Gasteiger charge is 2.22. The van der Waals surface area contributed by atoms with Crippen LogP contribution in [-0.4, -0.2) is 26.7 Å². The van der Waals surface area contributed by atoms with Gasteiger partial charge in [-0.3, -0.25) is 4.57 Å². The zero-order chi connectivity index (χ0) is 12.5. The van der Waals surface area contributed by atoms with E-state index in [-0.39, 0.29) is 5.72 Å². The standard InChI is InChI=1S/C13H11BN2O2/c17-14(18)13-15-11-8-4-5-9-12(11)16(13)10-6-2-1-3-7-10/h1-9,17-18H. The van der Waals surface area contributed by atoms with Gasteiger partial charge in [0.2, 0.25) is 0 Å². The van der Waals surface area contributed by atoms with Gasteiger partial charge in [0.1, 0.15) is 5.72 Å². The minimum Gasteiger partial charge on any atom is -0.421 e. The summed E-state index contributed by atoms with van der Waals surface area (Å²) in [4.78, 5) is 4.25. The molecule has 0 spiro atoms. The zero-order valence-electron chi connectivity index (χ0n) is 9.56. The lowest BCUT2D eigenvalue weighted by Gasteiger charge is -2.08. The Labute approximate surface area is 104 Å². The van der Waals surface area contributed by atoms with E-state index >= 15 is 0 Å². The summed E-state index contributed by atoms with van der Waals surface area (Å²) >= 11 is 0. The van der Waals surface area contributed by atoms with Crippen LogP contribution in [0.25, 0.3) is 16.7 Å². The summed E-state index contributed by atoms with van der Waals surface area (Å²) in [6.45, 7) is 0. The van der Waals surface area contributed by atoms with Crippen molar-refractivity contribution in [1.29, 1.82) is 0 Å². The molecule has 3 rings (SSSR count). The van der Waals surface area contributed by atoms with Crippen LogP contribution in [0.4, 0.5) is 0 Å². The Hall–Kier alpha value is -2.11. The molecule has 5 heteroatoms. The Kier molecular flexibility index (Phi) is 2.62. The molecule has 1 heterocycles. The number of benzene rings is 2. The lowest BCUT2D eigenvalue weighted by molar-refractivity contribution is 0.422. The van der Waals surface area contributed by atoms with Gasteiger partial charge < -0.3 is 10.0 Å². The second-order valence-corrected chi connectivity index (χ2v) is 4.00. The molecule has 0 radical (unpaired) electrons. The zero-order valence-corrected chi connectivity index (χ0v) is 9.56. The Morgan fingerprint density at radius 3 is 2.28 bits per heavy atom. The number of rotatable bonds is 2. The van der Waals surface area contributed by atoms with Gasteiger partial charge in [0.15, 0.2) is 0 Å². The van der Waals surface area contributed by atoms with E-state index in [2.05, 4.69) is 4.98 Å². The average Bonchev–Trinajstić information content (AvgIpc) is 2.79. The number of hydrogen-bond acceptors (Lipinski definition) is 3. The molecular weight excluding hydrogens is 227 g/mol. The summed E-state index contributed by atoms with van der Waals surface area (Å²) in [5, 5.41) is 18.9. The van der Waals surface area contributed by atoms with Crippen molar-refractivity contribution >= 4 is 23.9 Å². The fraction of sp³-hybridized carbons (Fsp3) is 0. The van der Waals surface area contributed by atoms with Crippen molar-refractivity contribution in [3.05, 3.63) is 54.6 Å². The van der Waals surface area contributed by atoms with Gasteiger partial charge >= 0.3 is 7.12 Å². The lowest BCUT2D eigenvalue weighted by atomic mass is 9.90. The molecular formula is C13H11BN2O2. The molecule has 2 aromatic carbocycles. The molecule has 0 atom stereocenters. The van der Waals surface area contributed by atoms with Crippen LogP contribution in [0.2, 0.25) is 0 Å². The van der Waals surface area contributed by atoms with Crippen LogP contribution in [0.5, 0.6) is 0 Å². The lowest BCUT2D eigenvalue weighted by Crippen LogP contribution is -2.37. The number of para-hydroxylation sites is 3. The van der Waals surface area contributed by atoms with Gasteiger partial charge in [-0.2, -0.15) is 0 Å². The molecule has 0 bridgehead atoms. The second kappa shape index (κ2) is 4.29. The van der Waals surface area contributed by atoms with Crippen molar-refractivity contribution < 1.29 is 10.0 Å². The first-order chi connectivity index (χ1) is 8.77. The van der Waals surface area contributed by atoms with Crippen LogP contribution in [0.15, 0.2) is 54.6 Å². The van der Waals surface area contributed by atoms with E-state index in [1.165, 1.54) is 0 Å². The molecule has 18 heavy (non-hydrogen) atoms. The third kappa shape index (κ3) is 1.70. The van der Waals surface area contributed by atoms with Crippen LogP contribution < -0.4 is 5.72 Å². The van der Waals surface area contributed by atoms with E-state index < -0.39 is 7.12 Å². The van der Waals surface area contributed by atoms with E-state index in [1.807, 2.05) is 54.6 Å². The van der Waals surface area contributed by atoms with Gasteiger partial charge in [-0.05, 0) is 24.3 Å².